The molecule has 0 radical (unpaired) electrons. The Hall–Kier alpha value is -2.73. The maximum atomic E-state index is 13.2. The van der Waals surface area contributed by atoms with Crippen molar-refractivity contribution in [2.75, 3.05) is 37.2 Å². The first kappa shape index (κ1) is 27.3. The average molecular weight is 570 g/mol. The number of hydrogen-bond donors (Lipinski definition) is 1. The number of piperazine rings is 1. The molecule has 2 amide bonds. The van der Waals surface area contributed by atoms with Gasteiger partial charge in [0, 0.05) is 53.0 Å². The molecule has 1 saturated heterocycles. The van der Waals surface area contributed by atoms with E-state index < -0.39 is 15.4 Å². The molecule has 0 bridgehead atoms. The quantitative estimate of drug-likeness (QED) is 0.447. The number of halogens is 3. The van der Waals surface area contributed by atoms with E-state index in [1.54, 1.807) is 31.2 Å². The van der Waals surface area contributed by atoms with Crippen molar-refractivity contribution in [2.24, 2.45) is 0 Å². The number of rotatable bonds is 6. The highest BCUT2D eigenvalue weighted by atomic mass is 35.5. The van der Waals surface area contributed by atoms with Crippen molar-refractivity contribution in [3.05, 3.63) is 63.6 Å². The summed E-state index contributed by atoms with van der Waals surface area (Å²) in [5.41, 5.74) is 0.640. The number of anilines is 1. The second-order valence-electron chi connectivity index (χ2n) is 9.09. The molecule has 0 unspecified atom stereocenters. The van der Waals surface area contributed by atoms with Crippen LogP contribution in [0, 0.1) is 5.82 Å². The molecule has 37 heavy (non-hydrogen) atoms. The van der Waals surface area contributed by atoms with Gasteiger partial charge in [-0.05, 0) is 57.2 Å². The highest BCUT2D eigenvalue weighted by Crippen LogP contribution is 2.41. The standard InChI is InChI=1S/C24H26Cl2FN5O4S/c1-4-37(34,35)32-11-9-31(10-12-32)23(33)28-17-13-18(25)20(19(26)14-17)24(2,3)22-29-21(36-30-22)15-5-7-16(27)8-6-15/h5-8,13-14H,4,9-12H2,1-3H3,(H,28,33). The summed E-state index contributed by atoms with van der Waals surface area (Å²) in [7, 11) is -3.29. The predicted molar refractivity (Wildman–Crippen MR) is 140 cm³/mol. The lowest BCUT2D eigenvalue weighted by molar-refractivity contribution is 0.184. The van der Waals surface area contributed by atoms with E-state index in [0.29, 0.717) is 32.7 Å². The van der Waals surface area contributed by atoms with Crippen LogP contribution in [0.15, 0.2) is 40.9 Å². The van der Waals surface area contributed by atoms with Gasteiger partial charge in [-0.15, -0.1) is 0 Å². The SMILES string of the molecule is CCS(=O)(=O)N1CCN(C(=O)Nc2cc(Cl)c(C(C)(C)c3noc(-c4ccc(F)cc4)n3)c(Cl)c2)CC1. The average Bonchev–Trinajstić information content (AvgIpc) is 3.35. The molecule has 13 heteroatoms. The predicted octanol–water partition coefficient (Wildman–Crippen LogP) is 5.01. The van der Waals surface area contributed by atoms with Crippen LogP contribution in [-0.2, 0) is 15.4 Å². The summed E-state index contributed by atoms with van der Waals surface area (Å²) in [4.78, 5) is 18.8. The third-order valence-electron chi connectivity index (χ3n) is 6.28. The molecular formula is C24H26Cl2FN5O4S. The first-order chi connectivity index (χ1) is 17.4. The van der Waals surface area contributed by atoms with Crippen molar-refractivity contribution in [1.82, 2.24) is 19.3 Å². The molecule has 1 aromatic heterocycles. The molecule has 0 aliphatic carbocycles. The summed E-state index contributed by atoms with van der Waals surface area (Å²) < 4.78 is 44.1. The zero-order chi connectivity index (χ0) is 27.0. The molecule has 9 nitrogen and oxygen atoms in total. The van der Waals surface area contributed by atoms with Crippen LogP contribution in [0.2, 0.25) is 10.0 Å². The van der Waals surface area contributed by atoms with E-state index in [4.69, 9.17) is 27.7 Å². The Bertz CT molecular complexity index is 1380. The minimum atomic E-state index is -3.29. The van der Waals surface area contributed by atoms with Gasteiger partial charge in [0.25, 0.3) is 5.89 Å². The number of carbonyl (C=O) groups is 1. The van der Waals surface area contributed by atoms with E-state index in [-0.39, 0.29) is 49.7 Å². The summed E-state index contributed by atoms with van der Waals surface area (Å²) in [6.07, 6.45) is 0. The Morgan fingerprint density at radius 3 is 2.27 bits per heavy atom. The third-order valence-corrected chi connectivity index (χ3v) is 8.76. The number of nitrogens with one attached hydrogen (secondary N) is 1. The van der Waals surface area contributed by atoms with Crippen molar-refractivity contribution in [1.29, 1.82) is 0 Å². The van der Waals surface area contributed by atoms with E-state index in [1.807, 2.05) is 13.8 Å². The van der Waals surface area contributed by atoms with E-state index in [9.17, 15) is 17.6 Å². The number of amides is 2. The summed E-state index contributed by atoms with van der Waals surface area (Å²) in [5, 5.41) is 7.45. The molecule has 0 atom stereocenters. The Morgan fingerprint density at radius 1 is 1.11 bits per heavy atom. The van der Waals surface area contributed by atoms with Crippen LogP contribution < -0.4 is 5.32 Å². The van der Waals surface area contributed by atoms with Gasteiger partial charge < -0.3 is 14.7 Å². The smallest absolute Gasteiger partial charge is 0.321 e. The molecule has 4 rings (SSSR count). The second-order valence-corrected chi connectivity index (χ2v) is 12.2. The summed E-state index contributed by atoms with van der Waals surface area (Å²) in [6, 6.07) is 8.48. The van der Waals surface area contributed by atoms with Crippen molar-refractivity contribution >= 4 is 44.9 Å². The normalized spacial score (nSPS) is 15.1. The number of benzene rings is 2. The number of sulfonamides is 1. The van der Waals surface area contributed by atoms with Crippen molar-refractivity contribution < 1.29 is 22.1 Å². The molecule has 1 N–H and O–H groups in total. The van der Waals surface area contributed by atoms with Crippen LogP contribution in [0.4, 0.5) is 14.9 Å². The molecule has 0 spiro atoms. The number of carbonyl (C=O) groups excluding carboxylic acids is 1. The Kier molecular flexibility index (Phi) is 7.80. The summed E-state index contributed by atoms with van der Waals surface area (Å²) >= 11 is 13.2. The lowest BCUT2D eigenvalue weighted by Crippen LogP contribution is -2.51. The minimum absolute atomic E-state index is 0.0241. The van der Waals surface area contributed by atoms with Crippen molar-refractivity contribution in [3.63, 3.8) is 0 Å². The molecule has 2 aromatic carbocycles. The number of aromatic nitrogens is 2. The fraction of sp³-hybridized carbons (Fsp3) is 0.375. The van der Waals surface area contributed by atoms with Crippen LogP contribution in [0.3, 0.4) is 0 Å². The number of nitrogens with zero attached hydrogens (tertiary/aromatic N) is 4. The van der Waals surface area contributed by atoms with Crippen LogP contribution in [0.1, 0.15) is 32.2 Å². The fourth-order valence-electron chi connectivity index (χ4n) is 4.10. The van der Waals surface area contributed by atoms with Gasteiger partial charge in [0.1, 0.15) is 5.82 Å². The van der Waals surface area contributed by atoms with Crippen LogP contribution >= 0.6 is 23.2 Å². The Labute approximate surface area is 224 Å². The molecule has 2 heterocycles. The third kappa shape index (κ3) is 5.74. The zero-order valence-electron chi connectivity index (χ0n) is 20.5. The number of hydrogen-bond acceptors (Lipinski definition) is 6. The highest BCUT2D eigenvalue weighted by Gasteiger charge is 2.34. The maximum absolute atomic E-state index is 13.2. The second kappa shape index (κ2) is 10.6. The van der Waals surface area contributed by atoms with Gasteiger partial charge in [0.15, 0.2) is 5.82 Å². The molecule has 0 saturated carbocycles. The first-order valence-electron chi connectivity index (χ1n) is 11.6. The highest BCUT2D eigenvalue weighted by molar-refractivity contribution is 7.89. The van der Waals surface area contributed by atoms with Gasteiger partial charge in [0.05, 0.1) is 11.2 Å². The topological polar surface area (TPSA) is 109 Å². The fourth-order valence-corrected chi connectivity index (χ4v) is 6.14. The van der Waals surface area contributed by atoms with Crippen molar-refractivity contribution in [2.45, 2.75) is 26.2 Å². The lowest BCUT2D eigenvalue weighted by Gasteiger charge is -2.33. The Balaban J connectivity index is 1.49. The van der Waals surface area contributed by atoms with Gasteiger partial charge in [-0.25, -0.2) is 17.6 Å². The molecule has 1 aliphatic rings. The number of urea groups is 1. The summed E-state index contributed by atoms with van der Waals surface area (Å²) in [6.45, 7) is 6.28. The molecule has 198 valence electrons. The molecule has 1 fully saturated rings. The molecule has 3 aromatic rings. The monoisotopic (exact) mass is 569 g/mol. The van der Waals surface area contributed by atoms with E-state index in [1.165, 1.54) is 21.3 Å². The van der Waals surface area contributed by atoms with Crippen LogP contribution in [0.25, 0.3) is 11.5 Å². The maximum Gasteiger partial charge on any atom is 0.321 e. The summed E-state index contributed by atoms with van der Waals surface area (Å²) in [5.74, 6) is 0.204. The molecular weight excluding hydrogens is 544 g/mol. The van der Waals surface area contributed by atoms with E-state index >= 15 is 0 Å². The van der Waals surface area contributed by atoms with Gasteiger partial charge in [-0.3, -0.25) is 0 Å². The van der Waals surface area contributed by atoms with Gasteiger partial charge in [-0.1, -0.05) is 28.4 Å². The Morgan fingerprint density at radius 2 is 1.70 bits per heavy atom. The van der Waals surface area contributed by atoms with Crippen molar-refractivity contribution in [3.8, 4) is 11.5 Å². The van der Waals surface area contributed by atoms with Crippen LogP contribution in [0.5, 0.6) is 0 Å². The minimum Gasteiger partial charge on any atom is -0.334 e. The lowest BCUT2D eigenvalue weighted by atomic mass is 9.83. The first-order valence-corrected chi connectivity index (χ1v) is 13.9. The molecule has 1 aliphatic heterocycles. The van der Waals surface area contributed by atoms with Gasteiger partial charge in [-0.2, -0.15) is 9.29 Å². The zero-order valence-corrected chi connectivity index (χ0v) is 22.8. The van der Waals surface area contributed by atoms with E-state index in [0.717, 1.165) is 0 Å². The van der Waals surface area contributed by atoms with Gasteiger partial charge >= 0.3 is 6.03 Å². The van der Waals surface area contributed by atoms with Crippen LogP contribution in [-0.4, -0.2) is 65.7 Å². The largest absolute Gasteiger partial charge is 0.334 e. The van der Waals surface area contributed by atoms with E-state index in [2.05, 4.69) is 15.5 Å². The van der Waals surface area contributed by atoms with Gasteiger partial charge in [0.2, 0.25) is 10.0 Å².